The minimum absolute atomic E-state index is 0.249. The molecule has 112 valence electrons. The van der Waals surface area contributed by atoms with E-state index >= 15 is 0 Å². The fraction of sp³-hybridized carbons (Fsp3) is 0.571. The maximum absolute atomic E-state index is 12.1. The first-order chi connectivity index (χ1) is 9.34. The molecule has 1 aromatic rings. The van der Waals surface area contributed by atoms with Crippen LogP contribution in [-0.4, -0.2) is 26.9 Å². The summed E-state index contributed by atoms with van der Waals surface area (Å²) in [6, 6.07) is 3.59. The molecule has 1 unspecified atom stereocenters. The third-order valence-corrected chi connectivity index (χ3v) is 4.04. The minimum atomic E-state index is -1.22. The zero-order valence-electron chi connectivity index (χ0n) is 12.4. The molecule has 1 aromatic heterocycles. The SMILES string of the molecule is CCOC(=O)CCc1ncccc1N[S+]([O-])C(C)(C)C. The van der Waals surface area contributed by atoms with Crippen molar-refractivity contribution in [2.24, 2.45) is 0 Å². The van der Waals surface area contributed by atoms with Crippen LogP contribution in [0.15, 0.2) is 18.3 Å². The molecule has 0 saturated heterocycles. The number of aryl methyl sites for hydroxylation is 1. The van der Waals surface area contributed by atoms with Crippen molar-refractivity contribution in [3.8, 4) is 0 Å². The van der Waals surface area contributed by atoms with E-state index in [4.69, 9.17) is 4.74 Å². The van der Waals surface area contributed by atoms with Crippen LogP contribution in [0.4, 0.5) is 5.69 Å². The third kappa shape index (κ3) is 5.38. The Bertz CT molecular complexity index is 446. The maximum atomic E-state index is 12.1. The van der Waals surface area contributed by atoms with Crippen molar-refractivity contribution in [1.82, 2.24) is 4.98 Å². The van der Waals surface area contributed by atoms with Crippen molar-refractivity contribution in [3.05, 3.63) is 24.0 Å². The van der Waals surface area contributed by atoms with E-state index in [1.165, 1.54) is 0 Å². The maximum Gasteiger partial charge on any atom is 0.306 e. The third-order valence-electron chi connectivity index (χ3n) is 2.52. The quantitative estimate of drug-likeness (QED) is 0.645. The second-order valence-electron chi connectivity index (χ2n) is 5.29. The summed E-state index contributed by atoms with van der Waals surface area (Å²) in [5.74, 6) is -0.249. The van der Waals surface area contributed by atoms with E-state index < -0.39 is 11.4 Å². The molecule has 1 heterocycles. The van der Waals surface area contributed by atoms with Gasteiger partial charge < -0.3 is 9.29 Å². The van der Waals surface area contributed by atoms with Gasteiger partial charge in [-0.25, -0.2) is 4.72 Å². The smallest absolute Gasteiger partial charge is 0.306 e. The number of carbonyl (C=O) groups is 1. The standard InChI is InChI=1S/C14H22N2O3S/c1-5-19-13(17)9-8-11-12(7-6-10-15-11)16-20(18)14(2,3)4/h6-7,10,16H,5,8-9H2,1-4H3. The molecule has 20 heavy (non-hydrogen) atoms. The predicted molar refractivity (Wildman–Crippen MR) is 80.7 cm³/mol. The molecule has 0 fully saturated rings. The van der Waals surface area contributed by atoms with Crippen LogP contribution in [0.3, 0.4) is 0 Å². The van der Waals surface area contributed by atoms with Crippen LogP contribution in [0, 0.1) is 0 Å². The molecule has 0 spiro atoms. The summed E-state index contributed by atoms with van der Waals surface area (Å²) in [6.07, 6.45) is 2.39. The first-order valence-electron chi connectivity index (χ1n) is 6.62. The number of hydrogen-bond donors (Lipinski definition) is 1. The Kier molecular flexibility index (Phi) is 6.29. The van der Waals surface area contributed by atoms with Gasteiger partial charge in [0.15, 0.2) is 0 Å². The van der Waals surface area contributed by atoms with Gasteiger partial charge in [0.25, 0.3) is 0 Å². The van der Waals surface area contributed by atoms with Gasteiger partial charge in [-0.05, 0) is 39.8 Å². The van der Waals surface area contributed by atoms with Crippen molar-refractivity contribution in [2.45, 2.75) is 45.3 Å². The summed E-state index contributed by atoms with van der Waals surface area (Å²) >= 11 is -1.22. The lowest BCUT2D eigenvalue weighted by molar-refractivity contribution is -0.143. The van der Waals surface area contributed by atoms with Crippen LogP contribution in [0.5, 0.6) is 0 Å². The summed E-state index contributed by atoms with van der Waals surface area (Å²) in [5, 5.41) is 0. The lowest BCUT2D eigenvalue weighted by Gasteiger charge is -2.24. The van der Waals surface area contributed by atoms with Crippen LogP contribution >= 0.6 is 0 Å². The van der Waals surface area contributed by atoms with Gasteiger partial charge in [0.1, 0.15) is 10.4 Å². The van der Waals surface area contributed by atoms with Crippen molar-refractivity contribution >= 4 is 23.0 Å². The average Bonchev–Trinajstić information content (AvgIpc) is 2.37. The number of pyridine rings is 1. The number of carbonyl (C=O) groups excluding carboxylic acids is 1. The van der Waals surface area contributed by atoms with E-state index in [2.05, 4.69) is 9.71 Å². The number of nitrogens with zero attached hydrogens (tertiary/aromatic N) is 1. The van der Waals surface area contributed by atoms with Crippen LogP contribution in [0.1, 0.15) is 39.8 Å². The van der Waals surface area contributed by atoms with Gasteiger partial charge in [-0.15, -0.1) is 0 Å². The molecule has 5 nitrogen and oxygen atoms in total. The van der Waals surface area contributed by atoms with Gasteiger partial charge in [0, 0.05) is 12.6 Å². The average molecular weight is 298 g/mol. The highest BCUT2D eigenvalue weighted by Gasteiger charge is 2.27. The van der Waals surface area contributed by atoms with Gasteiger partial charge in [-0.3, -0.25) is 9.78 Å². The van der Waals surface area contributed by atoms with E-state index in [0.29, 0.717) is 18.7 Å². The lowest BCUT2D eigenvalue weighted by Crippen LogP contribution is -2.34. The Balaban J connectivity index is 2.71. The molecule has 1 rings (SSSR count). The molecule has 0 bridgehead atoms. The summed E-state index contributed by atoms with van der Waals surface area (Å²) in [5.41, 5.74) is 1.42. The monoisotopic (exact) mass is 298 g/mol. The summed E-state index contributed by atoms with van der Waals surface area (Å²) < 4.78 is 19.6. The van der Waals surface area contributed by atoms with Crippen LogP contribution < -0.4 is 4.72 Å². The number of hydrogen-bond acceptors (Lipinski definition) is 5. The molecule has 0 aliphatic carbocycles. The van der Waals surface area contributed by atoms with Crippen LogP contribution in [0.2, 0.25) is 0 Å². The van der Waals surface area contributed by atoms with E-state index in [9.17, 15) is 9.35 Å². The Morgan fingerprint density at radius 3 is 2.80 bits per heavy atom. The summed E-state index contributed by atoms with van der Waals surface area (Å²) in [6.45, 7) is 7.83. The van der Waals surface area contributed by atoms with Crippen LogP contribution in [0.25, 0.3) is 0 Å². The normalized spacial score (nSPS) is 12.8. The Labute approximate surface area is 123 Å². The second kappa shape index (κ2) is 7.50. The number of ether oxygens (including phenoxy) is 1. The number of esters is 1. The molecule has 0 aliphatic rings. The molecule has 6 heteroatoms. The number of anilines is 1. The summed E-state index contributed by atoms with van der Waals surface area (Å²) in [4.78, 5) is 15.6. The number of rotatable bonds is 6. The van der Waals surface area contributed by atoms with E-state index in [-0.39, 0.29) is 17.1 Å². The molecular weight excluding hydrogens is 276 g/mol. The number of nitrogens with one attached hydrogen (secondary N) is 1. The van der Waals surface area contributed by atoms with Crippen molar-refractivity contribution < 1.29 is 14.1 Å². The van der Waals surface area contributed by atoms with E-state index in [1.807, 2.05) is 26.8 Å². The van der Waals surface area contributed by atoms with E-state index in [1.54, 1.807) is 19.2 Å². The highest BCUT2D eigenvalue weighted by Crippen LogP contribution is 2.22. The fourth-order valence-electron chi connectivity index (χ4n) is 1.44. The van der Waals surface area contributed by atoms with Gasteiger partial charge in [0.05, 0.1) is 30.1 Å². The van der Waals surface area contributed by atoms with Gasteiger partial charge in [0.2, 0.25) is 0 Å². The highest BCUT2D eigenvalue weighted by molar-refractivity contribution is 7.94. The molecule has 0 radical (unpaired) electrons. The first kappa shape index (κ1) is 16.8. The Hall–Kier alpha value is -1.27. The lowest BCUT2D eigenvalue weighted by atomic mass is 10.2. The topological polar surface area (TPSA) is 74.3 Å². The van der Waals surface area contributed by atoms with Crippen molar-refractivity contribution in [2.75, 3.05) is 11.3 Å². The molecule has 0 saturated carbocycles. The van der Waals surface area contributed by atoms with Gasteiger partial charge in [-0.2, -0.15) is 0 Å². The highest BCUT2D eigenvalue weighted by atomic mass is 32.2. The zero-order valence-corrected chi connectivity index (χ0v) is 13.3. The fourth-order valence-corrected chi connectivity index (χ4v) is 2.13. The van der Waals surface area contributed by atoms with Crippen LogP contribution in [-0.2, 0) is 27.3 Å². The van der Waals surface area contributed by atoms with Gasteiger partial charge >= 0.3 is 5.97 Å². The molecule has 0 aromatic carbocycles. The van der Waals surface area contributed by atoms with E-state index in [0.717, 1.165) is 5.69 Å². The molecule has 0 amide bonds. The summed E-state index contributed by atoms with van der Waals surface area (Å²) in [7, 11) is 0. The zero-order chi connectivity index (χ0) is 15.2. The minimum Gasteiger partial charge on any atom is -0.593 e. The number of aromatic nitrogens is 1. The van der Waals surface area contributed by atoms with Gasteiger partial charge in [-0.1, -0.05) is 0 Å². The molecule has 1 N–H and O–H groups in total. The van der Waals surface area contributed by atoms with Crippen molar-refractivity contribution in [3.63, 3.8) is 0 Å². The predicted octanol–water partition coefficient (Wildman–Crippen LogP) is 2.45. The Morgan fingerprint density at radius 1 is 1.50 bits per heavy atom. The largest absolute Gasteiger partial charge is 0.593 e. The Morgan fingerprint density at radius 2 is 2.20 bits per heavy atom. The molecule has 1 atom stereocenters. The first-order valence-corrected chi connectivity index (χ1v) is 7.77. The molecular formula is C14H22N2O3S. The molecule has 0 aliphatic heterocycles. The second-order valence-corrected chi connectivity index (χ2v) is 7.25. The van der Waals surface area contributed by atoms with Crippen molar-refractivity contribution in [1.29, 1.82) is 0 Å².